The lowest BCUT2D eigenvalue weighted by molar-refractivity contribution is -0.123. The minimum atomic E-state index is -0.869. The van der Waals surface area contributed by atoms with Gasteiger partial charge in [-0.05, 0) is 83.5 Å². The van der Waals surface area contributed by atoms with E-state index in [-0.39, 0.29) is 12.5 Å². The smallest absolute Gasteiger partial charge is 0.220 e. The fourth-order valence-electron chi connectivity index (χ4n) is 10.2. The summed E-state index contributed by atoms with van der Waals surface area (Å²) in [6, 6.07) is -0.647. The van der Waals surface area contributed by atoms with E-state index in [4.69, 9.17) is 0 Å². The molecule has 0 aliphatic rings. The van der Waals surface area contributed by atoms with Gasteiger partial charge in [-0.15, -0.1) is 0 Å². The fraction of sp³-hybridized carbons (Fsp3) is 0.767. The third-order valence-corrected chi connectivity index (χ3v) is 15.3. The summed E-state index contributed by atoms with van der Waals surface area (Å²) in [5.74, 6) is -0.0737. The van der Waals surface area contributed by atoms with E-state index in [2.05, 4.69) is 104 Å². The van der Waals surface area contributed by atoms with Crippen molar-refractivity contribution in [3.8, 4) is 0 Å². The first-order valence-electron chi connectivity index (χ1n) is 34.0. The Morgan fingerprint density at radius 2 is 0.584 bits per heavy atom. The Bertz CT molecular complexity index is 1400. The van der Waals surface area contributed by atoms with Gasteiger partial charge in [0.2, 0.25) is 5.91 Å². The Morgan fingerprint density at radius 3 is 0.909 bits per heavy atom. The zero-order chi connectivity index (χ0) is 55.5. The first-order chi connectivity index (χ1) is 38.2. The van der Waals surface area contributed by atoms with Gasteiger partial charge in [0.05, 0.1) is 18.8 Å². The predicted molar refractivity (Wildman–Crippen MR) is 345 cm³/mol. The van der Waals surface area contributed by atoms with Crippen LogP contribution in [0.15, 0.2) is 97.2 Å². The third-order valence-electron chi connectivity index (χ3n) is 15.3. The van der Waals surface area contributed by atoms with Gasteiger partial charge in [0.25, 0.3) is 0 Å². The van der Waals surface area contributed by atoms with Crippen LogP contribution in [0.5, 0.6) is 0 Å². The number of carbonyl (C=O) groups is 1. The number of aliphatic hydroxyl groups excluding tert-OH is 2. The molecule has 0 aromatic heterocycles. The van der Waals surface area contributed by atoms with Crippen molar-refractivity contribution in [2.24, 2.45) is 0 Å². The molecule has 2 atom stereocenters. The molecule has 1 amide bonds. The van der Waals surface area contributed by atoms with Crippen LogP contribution in [0.1, 0.15) is 341 Å². The molecule has 0 radical (unpaired) electrons. The lowest BCUT2D eigenvalue weighted by atomic mass is 10.0. The van der Waals surface area contributed by atoms with Crippen LogP contribution in [0.3, 0.4) is 0 Å². The van der Waals surface area contributed by atoms with Crippen LogP contribution in [-0.4, -0.2) is 34.9 Å². The number of aliphatic hydroxyl groups is 2. The van der Waals surface area contributed by atoms with Crippen molar-refractivity contribution in [2.45, 2.75) is 353 Å². The molecule has 3 N–H and O–H groups in total. The summed E-state index contributed by atoms with van der Waals surface area (Å²) in [5.41, 5.74) is 0. The molecule has 0 rings (SSSR count). The highest BCUT2D eigenvalue weighted by Gasteiger charge is 2.18. The van der Waals surface area contributed by atoms with Crippen molar-refractivity contribution in [3.05, 3.63) is 97.2 Å². The summed E-state index contributed by atoms with van der Waals surface area (Å²) in [5, 5.41) is 23.3. The van der Waals surface area contributed by atoms with Crippen molar-refractivity contribution in [2.75, 3.05) is 6.61 Å². The second-order valence-electron chi connectivity index (χ2n) is 22.9. The molecule has 4 nitrogen and oxygen atoms in total. The Morgan fingerprint density at radius 1 is 0.325 bits per heavy atom. The molecule has 0 bridgehead atoms. The maximum absolute atomic E-state index is 12.5. The molecular formula is C73H131NO3. The van der Waals surface area contributed by atoms with E-state index in [1.54, 1.807) is 6.08 Å². The molecule has 4 heteroatoms. The van der Waals surface area contributed by atoms with Crippen molar-refractivity contribution in [3.63, 3.8) is 0 Å². The van der Waals surface area contributed by atoms with E-state index in [0.29, 0.717) is 6.42 Å². The van der Waals surface area contributed by atoms with Gasteiger partial charge in [-0.3, -0.25) is 4.79 Å². The first kappa shape index (κ1) is 74.3. The molecule has 0 saturated carbocycles. The molecule has 0 aliphatic carbocycles. The Kier molecular flexibility index (Phi) is 65.2. The quantitative estimate of drug-likeness (QED) is 0.0420. The number of rotatable bonds is 62. The summed E-state index contributed by atoms with van der Waals surface area (Å²) in [7, 11) is 0. The first-order valence-corrected chi connectivity index (χ1v) is 34.0. The van der Waals surface area contributed by atoms with Crippen LogP contribution in [0.25, 0.3) is 0 Å². The molecular weight excluding hydrogens is 939 g/mol. The van der Waals surface area contributed by atoms with Crippen molar-refractivity contribution < 1.29 is 15.0 Å². The predicted octanol–water partition coefficient (Wildman–Crippen LogP) is 23.2. The summed E-state index contributed by atoms with van der Waals surface area (Å²) in [6.45, 7) is 4.21. The van der Waals surface area contributed by atoms with Crippen LogP contribution in [0, 0.1) is 0 Å². The van der Waals surface area contributed by atoms with E-state index in [1.807, 2.05) is 6.08 Å². The molecule has 0 aliphatic heterocycles. The summed E-state index contributed by atoms with van der Waals surface area (Å²) >= 11 is 0. The largest absolute Gasteiger partial charge is 0.394 e. The van der Waals surface area contributed by atoms with E-state index in [0.717, 1.165) is 70.6 Å². The molecule has 446 valence electrons. The van der Waals surface area contributed by atoms with Crippen LogP contribution < -0.4 is 5.32 Å². The molecule has 0 saturated heterocycles. The molecule has 0 aromatic carbocycles. The maximum atomic E-state index is 12.5. The normalized spacial score (nSPS) is 13.4. The summed E-state index contributed by atoms with van der Waals surface area (Å²) in [6.07, 6.45) is 101. The number of hydrogen-bond acceptors (Lipinski definition) is 3. The second-order valence-corrected chi connectivity index (χ2v) is 22.9. The Labute approximate surface area is 481 Å². The fourth-order valence-corrected chi connectivity index (χ4v) is 10.2. The minimum Gasteiger partial charge on any atom is -0.394 e. The van der Waals surface area contributed by atoms with E-state index in [1.165, 1.54) is 250 Å². The van der Waals surface area contributed by atoms with Gasteiger partial charge < -0.3 is 15.5 Å². The number of amides is 1. The highest BCUT2D eigenvalue weighted by molar-refractivity contribution is 5.76. The highest BCUT2D eigenvalue weighted by Crippen LogP contribution is 2.18. The van der Waals surface area contributed by atoms with Crippen molar-refractivity contribution in [1.82, 2.24) is 5.32 Å². The lowest BCUT2D eigenvalue weighted by Gasteiger charge is -2.19. The average Bonchev–Trinajstić information content (AvgIpc) is 3.43. The van der Waals surface area contributed by atoms with Crippen LogP contribution in [0.4, 0.5) is 0 Å². The molecule has 0 fully saturated rings. The number of allylic oxidation sites excluding steroid dienone is 15. The zero-order valence-corrected chi connectivity index (χ0v) is 51.5. The number of unbranched alkanes of at least 4 members (excludes halogenated alkanes) is 41. The Balaban J connectivity index is 3.51. The summed E-state index contributed by atoms with van der Waals surface area (Å²) in [4.78, 5) is 12.5. The molecule has 0 aromatic rings. The molecule has 0 spiro atoms. The number of hydrogen-bond donors (Lipinski definition) is 3. The minimum absolute atomic E-state index is 0.0737. The van der Waals surface area contributed by atoms with E-state index in [9.17, 15) is 15.0 Å². The lowest BCUT2D eigenvalue weighted by Crippen LogP contribution is -2.45. The molecule has 2 unspecified atom stereocenters. The SMILES string of the molecule is CC/C=C\C/C=C\C/C=C\C/C=C\C/C=C\C/C=C\CCCCCCCCCCCCCCCCC(=O)NC(CO)C(O)/C=C/CC/C=C/CCCCCCCCCCCCCCCCCCCCCCCCCCCC. The van der Waals surface area contributed by atoms with Crippen LogP contribution in [0.2, 0.25) is 0 Å². The maximum Gasteiger partial charge on any atom is 0.220 e. The van der Waals surface area contributed by atoms with E-state index < -0.39 is 12.1 Å². The van der Waals surface area contributed by atoms with Crippen LogP contribution >= 0.6 is 0 Å². The van der Waals surface area contributed by atoms with Gasteiger partial charge in [-0.1, -0.05) is 349 Å². The molecule has 77 heavy (non-hydrogen) atoms. The number of nitrogens with one attached hydrogen (secondary N) is 1. The van der Waals surface area contributed by atoms with Gasteiger partial charge in [-0.2, -0.15) is 0 Å². The molecule has 0 heterocycles. The van der Waals surface area contributed by atoms with Gasteiger partial charge in [0.1, 0.15) is 0 Å². The monoisotopic (exact) mass is 1070 g/mol. The Hall–Kier alpha value is -2.69. The zero-order valence-electron chi connectivity index (χ0n) is 51.5. The van der Waals surface area contributed by atoms with E-state index >= 15 is 0 Å². The number of carbonyl (C=O) groups excluding carboxylic acids is 1. The van der Waals surface area contributed by atoms with Gasteiger partial charge >= 0.3 is 0 Å². The van der Waals surface area contributed by atoms with Gasteiger partial charge in [-0.25, -0.2) is 0 Å². The van der Waals surface area contributed by atoms with Crippen molar-refractivity contribution in [1.29, 1.82) is 0 Å². The van der Waals surface area contributed by atoms with Gasteiger partial charge in [0.15, 0.2) is 0 Å². The van der Waals surface area contributed by atoms with Gasteiger partial charge in [0, 0.05) is 6.42 Å². The average molecular weight is 1070 g/mol. The highest BCUT2D eigenvalue weighted by atomic mass is 16.3. The second kappa shape index (κ2) is 67.6. The third kappa shape index (κ3) is 64.0. The van der Waals surface area contributed by atoms with Crippen LogP contribution in [-0.2, 0) is 4.79 Å². The standard InChI is InChI=1S/C73H131NO3/c1-3-5-7-9-11-13-15-17-19-21-23-25-27-29-31-33-35-37-39-41-43-45-47-49-51-53-55-57-59-61-63-65-67-69-73(77)74-71(70-75)72(76)68-66-64-62-60-58-56-54-52-50-48-46-44-42-40-38-36-34-32-30-28-26-24-22-20-18-16-14-12-10-8-6-4-2/h5,7,11,13,17,19,23,25,29,31,35,37,58,60,66,68,71-72,75-76H,3-4,6,8-10,12,14-16,18,20-22,24,26-28,30,32-34,36,38-57,59,61-65,67,69-70H2,1-2H3,(H,74,77)/b7-5-,13-11-,19-17-,25-23-,31-29-,37-35-,60-58+,68-66+. The summed E-state index contributed by atoms with van der Waals surface area (Å²) < 4.78 is 0. The topological polar surface area (TPSA) is 69.6 Å². The van der Waals surface area contributed by atoms with Crippen molar-refractivity contribution >= 4 is 5.91 Å².